The lowest BCUT2D eigenvalue weighted by molar-refractivity contribution is -0.146. The van der Waals surface area contributed by atoms with Gasteiger partial charge in [-0.2, -0.15) is 0 Å². The maximum absolute atomic E-state index is 11.1. The average molecular weight is 173 g/mol. The van der Waals surface area contributed by atoms with Gasteiger partial charge in [-0.15, -0.1) is 0 Å². The Kier molecular flexibility index (Phi) is 2.65. The van der Waals surface area contributed by atoms with Gasteiger partial charge < -0.3 is 14.4 Å². The molecule has 0 aliphatic carbocycles. The first-order valence-corrected chi connectivity index (χ1v) is 3.61. The van der Waals surface area contributed by atoms with Crippen molar-refractivity contribution in [3.8, 4) is 0 Å². The van der Waals surface area contributed by atoms with Crippen LogP contribution < -0.4 is 0 Å². The first-order chi connectivity index (χ1) is 5.61. The van der Waals surface area contributed by atoms with Crippen LogP contribution in [0.1, 0.15) is 6.92 Å². The largest absolute Gasteiger partial charge is 0.463 e. The van der Waals surface area contributed by atoms with Gasteiger partial charge in [-0.1, -0.05) is 0 Å². The molecule has 1 fully saturated rings. The first kappa shape index (κ1) is 8.99. The molecule has 0 bridgehead atoms. The van der Waals surface area contributed by atoms with Crippen molar-refractivity contribution in [2.24, 2.45) is 0 Å². The highest BCUT2D eigenvalue weighted by Crippen LogP contribution is 2.07. The monoisotopic (exact) mass is 173 g/mol. The zero-order chi connectivity index (χ0) is 9.14. The van der Waals surface area contributed by atoms with Crippen molar-refractivity contribution in [3.05, 3.63) is 0 Å². The van der Waals surface area contributed by atoms with Crippen molar-refractivity contribution in [2.45, 2.75) is 13.0 Å². The number of hydrogen-bond acceptors (Lipinski definition) is 4. The Bertz CT molecular complexity index is 204. The molecule has 0 aromatic heterocycles. The van der Waals surface area contributed by atoms with E-state index in [1.807, 2.05) is 0 Å². The van der Waals surface area contributed by atoms with Crippen LogP contribution in [-0.4, -0.2) is 43.3 Å². The molecule has 0 saturated carbocycles. The zero-order valence-electron chi connectivity index (χ0n) is 7.07. The van der Waals surface area contributed by atoms with E-state index in [0.29, 0.717) is 0 Å². The van der Waals surface area contributed by atoms with Gasteiger partial charge in [0, 0.05) is 14.0 Å². The normalized spacial score (nSPS) is 23.0. The van der Waals surface area contributed by atoms with Crippen LogP contribution in [0.4, 0.5) is 0 Å². The van der Waals surface area contributed by atoms with Crippen molar-refractivity contribution in [1.82, 2.24) is 4.90 Å². The lowest BCUT2D eigenvalue weighted by atomic mass is 10.3. The Morgan fingerprint density at radius 1 is 1.83 bits per heavy atom. The Morgan fingerprint density at radius 2 is 2.50 bits per heavy atom. The van der Waals surface area contributed by atoms with Crippen LogP contribution in [0.15, 0.2) is 0 Å². The first-order valence-electron chi connectivity index (χ1n) is 3.61. The number of amides is 1. The Balaban J connectivity index is 2.34. The molecule has 5 heteroatoms. The number of ether oxygens (including phenoxy) is 2. The summed E-state index contributed by atoms with van der Waals surface area (Å²) in [6, 6.07) is 0. The summed E-state index contributed by atoms with van der Waals surface area (Å²) in [7, 11) is 1.64. The number of carbonyl (C=O) groups excluding carboxylic acids is 2. The molecular formula is C7H11NO4. The molecule has 0 radical (unpaired) electrons. The number of nitrogens with zero attached hydrogens (tertiary/aromatic N) is 1. The highest BCUT2D eigenvalue weighted by Gasteiger charge is 2.30. The minimum atomic E-state index is -0.612. The molecule has 1 atom stereocenters. The van der Waals surface area contributed by atoms with Crippen molar-refractivity contribution < 1.29 is 19.1 Å². The summed E-state index contributed by atoms with van der Waals surface area (Å²) in [4.78, 5) is 23.0. The van der Waals surface area contributed by atoms with Gasteiger partial charge >= 0.3 is 5.97 Å². The Hall–Kier alpha value is -1.10. The Morgan fingerprint density at radius 3 is 2.92 bits per heavy atom. The molecule has 1 amide bonds. The van der Waals surface area contributed by atoms with Gasteiger partial charge in [0.05, 0.1) is 0 Å². The zero-order valence-corrected chi connectivity index (χ0v) is 7.07. The smallest absolute Gasteiger partial charge is 0.302 e. The molecule has 5 nitrogen and oxygen atoms in total. The van der Waals surface area contributed by atoms with E-state index < -0.39 is 12.1 Å². The molecule has 1 unspecified atom stereocenters. The highest BCUT2D eigenvalue weighted by molar-refractivity contribution is 5.82. The third-order valence-corrected chi connectivity index (χ3v) is 1.56. The van der Waals surface area contributed by atoms with Crippen LogP contribution in [-0.2, 0) is 19.1 Å². The van der Waals surface area contributed by atoms with Crippen LogP contribution in [0.5, 0.6) is 0 Å². The molecular weight excluding hydrogens is 162 g/mol. The van der Waals surface area contributed by atoms with E-state index in [1.54, 1.807) is 7.05 Å². The quantitative estimate of drug-likeness (QED) is 0.521. The summed E-state index contributed by atoms with van der Waals surface area (Å²) < 4.78 is 9.66. The minimum absolute atomic E-state index is 0.0124. The molecule has 0 aromatic carbocycles. The van der Waals surface area contributed by atoms with Crippen molar-refractivity contribution in [3.63, 3.8) is 0 Å². The van der Waals surface area contributed by atoms with Crippen LogP contribution in [0, 0.1) is 0 Å². The Labute approximate surface area is 70.2 Å². The second kappa shape index (κ2) is 3.53. The van der Waals surface area contributed by atoms with Gasteiger partial charge in [-0.25, -0.2) is 0 Å². The number of carbonyl (C=O) groups is 2. The van der Waals surface area contributed by atoms with E-state index in [2.05, 4.69) is 4.74 Å². The van der Waals surface area contributed by atoms with Gasteiger partial charge in [0.1, 0.15) is 13.3 Å². The third kappa shape index (κ3) is 1.94. The summed E-state index contributed by atoms with van der Waals surface area (Å²) in [6.07, 6.45) is -0.612. The third-order valence-electron chi connectivity index (χ3n) is 1.56. The van der Waals surface area contributed by atoms with E-state index in [0.717, 1.165) is 0 Å². The number of hydrogen-bond donors (Lipinski definition) is 0. The average Bonchev–Trinajstić information content (AvgIpc) is 2.30. The predicted octanol–water partition coefficient (Wildman–Crippen LogP) is -0.636. The lowest BCUT2D eigenvalue weighted by Gasteiger charge is -2.06. The fraction of sp³-hybridized carbons (Fsp3) is 0.714. The van der Waals surface area contributed by atoms with E-state index >= 15 is 0 Å². The van der Waals surface area contributed by atoms with E-state index in [1.165, 1.54) is 11.8 Å². The molecule has 1 heterocycles. The van der Waals surface area contributed by atoms with Gasteiger partial charge in [-0.3, -0.25) is 9.59 Å². The van der Waals surface area contributed by atoms with Gasteiger partial charge in [0.2, 0.25) is 0 Å². The molecule has 0 spiro atoms. The van der Waals surface area contributed by atoms with Crippen LogP contribution in [0.3, 0.4) is 0 Å². The van der Waals surface area contributed by atoms with E-state index in [4.69, 9.17) is 4.74 Å². The molecule has 0 aromatic rings. The van der Waals surface area contributed by atoms with Crippen LogP contribution in [0.2, 0.25) is 0 Å². The standard InChI is InChI=1S/C7H11NO4/c1-5(9)11-3-6-7(10)8(2)4-12-6/h6H,3-4H2,1-2H3. The molecule has 1 rings (SSSR count). The topological polar surface area (TPSA) is 55.8 Å². The predicted molar refractivity (Wildman–Crippen MR) is 39.1 cm³/mol. The molecule has 68 valence electrons. The SMILES string of the molecule is CC(=O)OCC1OCN(C)C1=O. The number of rotatable bonds is 2. The van der Waals surface area contributed by atoms with Crippen LogP contribution >= 0.6 is 0 Å². The van der Waals surface area contributed by atoms with Gasteiger partial charge in [0.15, 0.2) is 6.10 Å². The molecule has 1 aliphatic heterocycles. The van der Waals surface area contributed by atoms with Gasteiger partial charge in [-0.05, 0) is 0 Å². The molecule has 12 heavy (non-hydrogen) atoms. The van der Waals surface area contributed by atoms with Crippen molar-refractivity contribution >= 4 is 11.9 Å². The maximum Gasteiger partial charge on any atom is 0.302 e. The van der Waals surface area contributed by atoms with Crippen LogP contribution in [0.25, 0.3) is 0 Å². The number of esters is 1. The maximum atomic E-state index is 11.1. The molecule has 0 N–H and O–H groups in total. The fourth-order valence-electron chi connectivity index (χ4n) is 0.895. The minimum Gasteiger partial charge on any atom is -0.463 e. The van der Waals surface area contributed by atoms with E-state index in [9.17, 15) is 9.59 Å². The summed E-state index contributed by atoms with van der Waals surface area (Å²) in [5.41, 5.74) is 0. The van der Waals surface area contributed by atoms with Gasteiger partial charge in [0.25, 0.3) is 5.91 Å². The summed E-state index contributed by atoms with van der Waals surface area (Å²) in [5.74, 6) is -0.544. The summed E-state index contributed by atoms with van der Waals surface area (Å²) in [6.45, 7) is 1.58. The summed E-state index contributed by atoms with van der Waals surface area (Å²) >= 11 is 0. The number of likely N-dealkylation sites (N-methyl/N-ethyl adjacent to an activating group) is 1. The van der Waals surface area contributed by atoms with Crippen molar-refractivity contribution in [2.75, 3.05) is 20.4 Å². The lowest BCUT2D eigenvalue weighted by Crippen LogP contribution is -2.29. The second-order valence-corrected chi connectivity index (χ2v) is 2.62. The highest BCUT2D eigenvalue weighted by atomic mass is 16.6. The molecule has 1 aliphatic rings. The van der Waals surface area contributed by atoms with E-state index in [-0.39, 0.29) is 19.2 Å². The molecule has 1 saturated heterocycles. The second-order valence-electron chi connectivity index (χ2n) is 2.62. The summed E-state index contributed by atoms with van der Waals surface area (Å²) in [5, 5.41) is 0. The fourth-order valence-corrected chi connectivity index (χ4v) is 0.895. The van der Waals surface area contributed by atoms with Crippen molar-refractivity contribution in [1.29, 1.82) is 0 Å².